The first-order valence-electron chi connectivity index (χ1n) is 10.7. The Kier molecular flexibility index (Phi) is 7.03. The number of nitrogens with zero attached hydrogens (tertiary/aromatic N) is 3. The molecule has 3 heterocycles. The maximum atomic E-state index is 13.4. The number of ether oxygens (including phenoxy) is 1. The van der Waals surface area contributed by atoms with Crippen molar-refractivity contribution < 1.29 is 35.9 Å². The second-order valence-corrected chi connectivity index (χ2v) is 9.61. The van der Waals surface area contributed by atoms with E-state index in [0.717, 1.165) is 22.7 Å². The molecule has 0 N–H and O–H groups in total. The largest absolute Gasteiger partial charge is 0.416 e. The Morgan fingerprint density at radius 3 is 2.38 bits per heavy atom. The summed E-state index contributed by atoms with van der Waals surface area (Å²) >= 11 is 1.06. The summed E-state index contributed by atoms with van der Waals surface area (Å²) in [4.78, 5) is 20.5. The van der Waals surface area contributed by atoms with Gasteiger partial charge in [-0.05, 0) is 61.3 Å². The van der Waals surface area contributed by atoms with Gasteiger partial charge in [0.15, 0.2) is 0 Å². The van der Waals surface area contributed by atoms with Crippen molar-refractivity contribution in [3.05, 3.63) is 45.9 Å². The molecule has 1 aromatic carbocycles. The Morgan fingerprint density at radius 2 is 1.82 bits per heavy atom. The van der Waals surface area contributed by atoms with Gasteiger partial charge in [0, 0.05) is 13.6 Å². The van der Waals surface area contributed by atoms with Gasteiger partial charge >= 0.3 is 17.6 Å². The fraction of sp³-hybridized carbons (Fsp3) is 0.545. The van der Waals surface area contributed by atoms with E-state index in [1.807, 2.05) is 22.9 Å². The molecule has 0 radical (unpaired) electrons. The van der Waals surface area contributed by atoms with E-state index in [-0.39, 0.29) is 35.4 Å². The topological polar surface area (TPSA) is 45.1 Å². The molecule has 0 atom stereocenters. The number of likely N-dealkylation sites (tertiary alicyclic amines) is 1. The van der Waals surface area contributed by atoms with Crippen LogP contribution in [0.3, 0.4) is 0 Å². The lowest BCUT2D eigenvalue weighted by molar-refractivity contribution is -0.143. The van der Waals surface area contributed by atoms with Crippen LogP contribution in [0.4, 0.5) is 31.1 Å². The average molecular weight is 508 g/mol. The van der Waals surface area contributed by atoms with Crippen molar-refractivity contribution in [3.8, 4) is 0 Å². The first-order chi connectivity index (χ1) is 15.9. The first-order valence-corrected chi connectivity index (χ1v) is 11.6. The minimum atomic E-state index is -4.88. The average Bonchev–Trinajstić information content (AvgIpc) is 3.07. The van der Waals surface area contributed by atoms with Crippen LogP contribution in [0.25, 0.3) is 0 Å². The highest BCUT2D eigenvalue weighted by Gasteiger charge is 2.38. The summed E-state index contributed by atoms with van der Waals surface area (Å²) in [6, 6.07) is 1.97. The zero-order valence-electron chi connectivity index (χ0n) is 18.2. The third kappa shape index (κ3) is 5.60. The molecule has 12 heteroatoms. The molecule has 2 fully saturated rings. The van der Waals surface area contributed by atoms with Gasteiger partial charge in [-0.1, -0.05) is 12.1 Å². The highest BCUT2D eigenvalue weighted by Crippen LogP contribution is 2.38. The fourth-order valence-electron chi connectivity index (χ4n) is 4.17. The molecule has 2 saturated heterocycles. The van der Waals surface area contributed by atoms with Gasteiger partial charge in [0.2, 0.25) is 0 Å². The molecule has 0 spiro atoms. The minimum absolute atomic E-state index is 0.0827. The number of hydrogen-bond donors (Lipinski definition) is 0. The standard InChI is InChI=1S/C22H23F6N3O2S/c1-30(16-11-33-12-16)19-18(34-20(32)29-19)8-13-4-6-31(7-5-13)10-14-2-3-15(21(23,24)25)9-17(14)22(26,27)28/h2-3,8-9,13,16H,4-7,10-12H2,1H3. The highest BCUT2D eigenvalue weighted by molar-refractivity contribution is 8.18. The molecule has 0 unspecified atom stereocenters. The van der Waals surface area contributed by atoms with Gasteiger partial charge in [-0.25, -0.2) is 0 Å². The van der Waals surface area contributed by atoms with Gasteiger partial charge in [0.1, 0.15) is 5.84 Å². The van der Waals surface area contributed by atoms with E-state index in [4.69, 9.17) is 4.74 Å². The fourth-order valence-corrected chi connectivity index (χ4v) is 5.03. The van der Waals surface area contributed by atoms with Gasteiger partial charge < -0.3 is 9.64 Å². The Bertz CT molecular complexity index is 995. The number of halogens is 6. The number of allylic oxidation sites excluding steroid dienone is 1. The Labute approximate surface area is 196 Å². The number of benzene rings is 1. The molecule has 5 nitrogen and oxygen atoms in total. The lowest BCUT2D eigenvalue weighted by Gasteiger charge is -2.36. The molecule has 3 aliphatic rings. The van der Waals surface area contributed by atoms with E-state index in [1.54, 1.807) is 0 Å². The van der Waals surface area contributed by atoms with E-state index >= 15 is 0 Å². The molecule has 0 saturated carbocycles. The van der Waals surface area contributed by atoms with Crippen LogP contribution in [-0.4, -0.2) is 60.3 Å². The highest BCUT2D eigenvalue weighted by atomic mass is 32.2. The van der Waals surface area contributed by atoms with Gasteiger partial charge in [-0.3, -0.25) is 9.69 Å². The van der Waals surface area contributed by atoms with Gasteiger partial charge in [0.05, 0.1) is 35.3 Å². The molecule has 186 valence electrons. The van der Waals surface area contributed by atoms with E-state index < -0.39 is 23.5 Å². The number of alkyl halides is 6. The second kappa shape index (κ2) is 9.54. The lowest BCUT2D eigenvalue weighted by atomic mass is 9.95. The van der Waals surface area contributed by atoms with Crippen LogP contribution in [0.15, 0.2) is 34.2 Å². The van der Waals surface area contributed by atoms with Crippen LogP contribution >= 0.6 is 11.8 Å². The van der Waals surface area contributed by atoms with E-state index in [9.17, 15) is 31.1 Å². The molecule has 3 aliphatic heterocycles. The quantitative estimate of drug-likeness (QED) is 0.510. The number of amidine groups is 1. The van der Waals surface area contributed by atoms with Gasteiger partial charge in [0.25, 0.3) is 0 Å². The van der Waals surface area contributed by atoms with Crippen molar-refractivity contribution in [1.29, 1.82) is 0 Å². The summed E-state index contributed by atoms with van der Waals surface area (Å²) in [6.45, 7) is 2.04. The van der Waals surface area contributed by atoms with Crippen molar-refractivity contribution in [2.45, 2.75) is 37.8 Å². The van der Waals surface area contributed by atoms with Crippen molar-refractivity contribution in [2.24, 2.45) is 10.9 Å². The zero-order chi connectivity index (χ0) is 24.7. The smallest absolute Gasteiger partial charge is 0.377 e. The number of likely N-dealkylation sites (N-methyl/N-ethyl adjacent to an activating group) is 1. The third-order valence-corrected chi connectivity index (χ3v) is 7.08. The summed E-state index contributed by atoms with van der Waals surface area (Å²) in [5.41, 5.74) is -2.74. The van der Waals surface area contributed by atoms with Gasteiger partial charge in [-0.15, -0.1) is 0 Å². The van der Waals surface area contributed by atoms with Crippen molar-refractivity contribution in [1.82, 2.24) is 9.80 Å². The maximum Gasteiger partial charge on any atom is 0.416 e. The van der Waals surface area contributed by atoms with Crippen LogP contribution in [0.5, 0.6) is 0 Å². The molecule has 1 amide bonds. The molecule has 0 aliphatic carbocycles. The number of carbonyl (C=O) groups is 1. The predicted octanol–water partition coefficient (Wildman–Crippen LogP) is 5.42. The summed E-state index contributed by atoms with van der Waals surface area (Å²) in [5.74, 6) is 0.737. The summed E-state index contributed by atoms with van der Waals surface area (Å²) in [7, 11) is 1.86. The molecule has 1 aromatic rings. The molecular weight excluding hydrogens is 484 g/mol. The number of thioether (sulfide) groups is 1. The monoisotopic (exact) mass is 507 g/mol. The van der Waals surface area contributed by atoms with Crippen LogP contribution in [0.2, 0.25) is 0 Å². The molecule has 0 aromatic heterocycles. The molecular formula is C22H23F6N3O2S. The Hall–Kier alpha value is -2.05. The summed E-state index contributed by atoms with van der Waals surface area (Å²) in [5, 5.41) is -0.284. The van der Waals surface area contributed by atoms with Crippen LogP contribution < -0.4 is 0 Å². The van der Waals surface area contributed by atoms with Crippen LogP contribution in [0, 0.1) is 5.92 Å². The van der Waals surface area contributed by atoms with E-state index in [0.29, 0.717) is 51.0 Å². The molecule has 34 heavy (non-hydrogen) atoms. The van der Waals surface area contributed by atoms with Crippen molar-refractivity contribution >= 4 is 22.8 Å². The number of hydrogen-bond acceptors (Lipinski definition) is 5. The predicted molar refractivity (Wildman–Crippen MR) is 115 cm³/mol. The zero-order valence-corrected chi connectivity index (χ0v) is 19.1. The summed E-state index contributed by atoms with van der Waals surface area (Å²) < 4.78 is 84.2. The summed E-state index contributed by atoms with van der Waals surface area (Å²) in [6.07, 6.45) is -6.40. The van der Waals surface area contributed by atoms with Crippen molar-refractivity contribution in [2.75, 3.05) is 33.4 Å². The molecule has 4 rings (SSSR count). The van der Waals surface area contributed by atoms with E-state index in [1.165, 1.54) is 0 Å². The third-order valence-electron chi connectivity index (χ3n) is 6.27. The number of rotatable bonds is 4. The number of piperidine rings is 1. The lowest BCUT2D eigenvalue weighted by Crippen LogP contribution is -2.49. The normalized spacial score (nSPS) is 22.3. The number of carbonyl (C=O) groups excluding carboxylic acids is 1. The van der Waals surface area contributed by atoms with Gasteiger partial charge in [-0.2, -0.15) is 31.3 Å². The Balaban J connectivity index is 1.41. The maximum absolute atomic E-state index is 13.4. The van der Waals surface area contributed by atoms with Crippen LogP contribution in [0.1, 0.15) is 29.5 Å². The minimum Gasteiger partial charge on any atom is -0.377 e. The van der Waals surface area contributed by atoms with Crippen LogP contribution in [-0.2, 0) is 23.6 Å². The Morgan fingerprint density at radius 1 is 1.15 bits per heavy atom. The SMILES string of the molecule is CN(C1=NC(=O)SC1=CC1CCN(Cc2ccc(C(F)(F)F)cc2C(F)(F)F)CC1)C1COC1. The second-order valence-electron chi connectivity index (χ2n) is 8.62. The molecule has 0 bridgehead atoms. The van der Waals surface area contributed by atoms with Crippen molar-refractivity contribution in [3.63, 3.8) is 0 Å². The number of aliphatic imine (C=N–C) groups is 1. The number of amides is 1. The first kappa shape index (κ1) is 25.1. The van der Waals surface area contributed by atoms with E-state index in [2.05, 4.69) is 4.99 Å².